The fourth-order valence-corrected chi connectivity index (χ4v) is 5.28. The van der Waals surface area contributed by atoms with E-state index in [1.165, 1.54) is 0 Å². The molecule has 3 aromatic rings. The maximum absolute atomic E-state index is 13.9. The Kier molecular flexibility index (Phi) is 5.76. The van der Waals surface area contributed by atoms with Crippen molar-refractivity contribution in [3.8, 4) is 17.2 Å². The van der Waals surface area contributed by atoms with E-state index >= 15 is 0 Å². The van der Waals surface area contributed by atoms with Crippen LogP contribution in [0.5, 0.6) is 17.2 Å². The lowest BCUT2D eigenvalue weighted by Gasteiger charge is -2.56. The van der Waals surface area contributed by atoms with E-state index < -0.39 is 17.7 Å². The van der Waals surface area contributed by atoms with Gasteiger partial charge in [0.1, 0.15) is 23.2 Å². The molecule has 0 unspecified atom stereocenters. The first-order chi connectivity index (χ1) is 16.8. The third-order valence-electron chi connectivity index (χ3n) is 6.64. The number of carbonyl (C=O) groups excluding carboxylic acids is 1. The maximum atomic E-state index is 13.9. The van der Waals surface area contributed by atoms with Gasteiger partial charge in [0.25, 0.3) is 0 Å². The lowest BCUT2D eigenvalue weighted by atomic mass is 9.78. The standard InChI is InChI=1S/C27H27N3O4S/c1-16-5-9-18(10-6-16)30-26(35)29-24-21-15-20(33-4)13-14-22(21)34-27(30,2)23(24)25(31)28-17-7-11-19(32-3)12-8-17/h5-15,23-24H,1-4H3,(H,28,31)(H,29,35)/t23-,24+,27+/m1/s1. The predicted molar refractivity (Wildman–Crippen MR) is 139 cm³/mol. The van der Waals surface area contributed by atoms with Gasteiger partial charge in [0.15, 0.2) is 10.8 Å². The molecule has 0 aromatic heterocycles. The Morgan fingerprint density at radius 1 is 1.03 bits per heavy atom. The van der Waals surface area contributed by atoms with Gasteiger partial charge >= 0.3 is 0 Å². The first-order valence-corrected chi connectivity index (χ1v) is 11.7. The van der Waals surface area contributed by atoms with E-state index in [2.05, 4.69) is 10.6 Å². The molecule has 35 heavy (non-hydrogen) atoms. The van der Waals surface area contributed by atoms with Gasteiger partial charge in [0.2, 0.25) is 5.91 Å². The van der Waals surface area contributed by atoms with E-state index in [9.17, 15) is 4.79 Å². The van der Waals surface area contributed by atoms with Crippen LogP contribution in [0.4, 0.5) is 11.4 Å². The zero-order valence-corrected chi connectivity index (χ0v) is 20.8. The van der Waals surface area contributed by atoms with Crippen LogP contribution in [0.3, 0.4) is 0 Å². The molecule has 2 aliphatic rings. The van der Waals surface area contributed by atoms with Crippen LogP contribution in [0.25, 0.3) is 0 Å². The van der Waals surface area contributed by atoms with Crippen LogP contribution >= 0.6 is 12.2 Å². The molecule has 2 N–H and O–H groups in total. The number of rotatable bonds is 5. The van der Waals surface area contributed by atoms with E-state index in [-0.39, 0.29) is 5.91 Å². The van der Waals surface area contributed by atoms with E-state index in [0.717, 1.165) is 16.8 Å². The zero-order chi connectivity index (χ0) is 24.7. The minimum atomic E-state index is -1.08. The monoisotopic (exact) mass is 489 g/mol. The van der Waals surface area contributed by atoms with Crippen molar-refractivity contribution in [2.24, 2.45) is 5.92 Å². The number of aryl methyl sites for hydroxylation is 1. The number of carbonyl (C=O) groups is 1. The van der Waals surface area contributed by atoms with Crippen LogP contribution in [-0.2, 0) is 4.79 Å². The molecule has 180 valence electrons. The van der Waals surface area contributed by atoms with Gasteiger partial charge in [-0.25, -0.2) is 0 Å². The average Bonchev–Trinajstić information content (AvgIpc) is 2.85. The number of nitrogens with one attached hydrogen (secondary N) is 2. The highest BCUT2D eigenvalue weighted by Crippen LogP contribution is 2.50. The average molecular weight is 490 g/mol. The summed E-state index contributed by atoms with van der Waals surface area (Å²) in [6, 6.07) is 20.4. The first-order valence-electron chi connectivity index (χ1n) is 11.3. The van der Waals surface area contributed by atoms with Crippen LogP contribution in [0, 0.1) is 12.8 Å². The van der Waals surface area contributed by atoms with E-state index in [1.54, 1.807) is 14.2 Å². The van der Waals surface area contributed by atoms with Gasteiger partial charge in [-0.15, -0.1) is 0 Å². The van der Waals surface area contributed by atoms with Crippen molar-refractivity contribution in [2.45, 2.75) is 25.6 Å². The number of benzene rings is 3. The van der Waals surface area contributed by atoms with Crippen molar-refractivity contribution in [3.05, 3.63) is 77.9 Å². The largest absolute Gasteiger partial charge is 0.497 e. The third kappa shape index (κ3) is 3.93. The topological polar surface area (TPSA) is 72.1 Å². The SMILES string of the molecule is COc1ccc(NC(=O)[C@H]2[C@H]3NC(=S)N(c4ccc(C)cc4)[C@@]2(C)Oc2ccc(OC)cc23)cc1. The summed E-state index contributed by atoms with van der Waals surface area (Å²) in [6.45, 7) is 3.94. The molecule has 0 aliphatic carbocycles. The van der Waals surface area contributed by atoms with Gasteiger partial charge in [0.05, 0.1) is 20.3 Å². The molecule has 5 rings (SSSR count). The molecule has 0 spiro atoms. The minimum Gasteiger partial charge on any atom is -0.497 e. The molecule has 2 aliphatic heterocycles. The Morgan fingerprint density at radius 3 is 2.34 bits per heavy atom. The van der Waals surface area contributed by atoms with Crippen LogP contribution < -0.4 is 29.7 Å². The second kappa shape index (κ2) is 8.78. The number of nitrogens with zero attached hydrogens (tertiary/aromatic N) is 1. The molecule has 2 heterocycles. The molecule has 3 atom stereocenters. The summed E-state index contributed by atoms with van der Waals surface area (Å²) in [5.41, 5.74) is 2.37. The Balaban J connectivity index is 1.60. The number of hydrogen-bond donors (Lipinski definition) is 2. The summed E-state index contributed by atoms with van der Waals surface area (Å²) in [6.07, 6.45) is 0. The highest BCUT2D eigenvalue weighted by Gasteiger charge is 2.59. The molecular weight excluding hydrogens is 462 g/mol. The summed E-state index contributed by atoms with van der Waals surface area (Å²) >= 11 is 5.81. The molecule has 1 amide bonds. The number of amides is 1. The minimum absolute atomic E-state index is 0.191. The Hall–Kier alpha value is -3.78. The quantitative estimate of drug-likeness (QED) is 0.498. The molecule has 0 saturated carbocycles. The molecule has 7 nitrogen and oxygen atoms in total. The van der Waals surface area contributed by atoms with Crippen molar-refractivity contribution in [1.29, 1.82) is 0 Å². The number of fused-ring (bicyclic) bond motifs is 4. The molecule has 0 radical (unpaired) electrons. The Labute approximate surface area is 210 Å². The Morgan fingerprint density at radius 2 is 1.69 bits per heavy atom. The van der Waals surface area contributed by atoms with Gasteiger partial charge in [-0.3, -0.25) is 9.69 Å². The fourth-order valence-electron chi connectivity index (χ4n) is 4.87. The first kappa shape index (κ1) is 23.0. The summed E-state index contributed by atoms with van der Waals surface area (Å²) in [5.74, 6) is 1.24. The van der Waals surface area contributed by atoms with Gasteiger partial charge in [-0.1, -0.05) is 17.7 Å². The summed E-state index contributed by atoms with van der Waals surface area (Å²) < 4.78 is 17.3. The zero-order valence-electron chi connectivity index (χ0n) is 20.0. The van der Waals surface area contributed by atoms with Gasteiger partial charge in [-0.2, -0.15) is 0 Å². The summed E-state index contributed by atoms with van der Waals surface area (Å²) in [7, 11) is 3.22. The van der Waals surface area contributed by atoms with Crippen molar-refractivity contribution in [3.63, 3.8) is 0 Å². The summed E-state index contributed by atoms with van der Waals surface area (Å²) in [4.78, 5) is 15.8. The van der Waals surface area contributed by atoms with Gasteiger partial charge in [0, 0.05) is 16.9 Å². The molecule has 3 aromatic carbocycles. The number of thiocarbonyl (C=S) groups is 1. The molecule has 8 heteroatoms. The predicted octanol–water partition coefficient (Wildman–Crippen LogP) is 4.81. The Bertz CT molecular complexity index is 1280. The van der Waals surface area contributed by atoms with Gasteiger partial charge < -0.3 is 24.8 Å². The van der Waals surface area contributed by atoms with E-state index in [1.807, 2.05) is 85.5 Å². The third-order valence-corrected chi connectivity index (χ3v) is 6.94. The molecular formula is C27H27N3O4S. The number of hydrogen-bond acceptors (Lipinski definition) is 5. The van der Waals surface area contributed by atoms with Crippen LogP contribution in [0.1, 0.15) is 24.1 Å². The van der Waals surface area contributed by atoms with Crippen LogP contribution in [0.2, 0.25) is 0 Å². The lowest BCUT2D eigenvalue weighted by Crippen LogP contribution is -2.72. The lowest BCUT2D eigenvalue weighted by molar-refractivity contribution is -0.130. The number of anilines is 2. The normalized spacial score (nSPS) is 22.4. The maximum Gasteiger partial charge on any atom is 0.236 e. The second-order valence-electron chi connectivity index (χ2n) is 8.85. The van der Waals surface area contributed by atoms with Crippen LogP contribution in [0.15, 0.2) is 66.7 Å². The van der Waals surface area contributed by atoms with E-state index in [0.29, 0.717) is 28.0 Å². The van der Waals surface area contributed by atoms with Crippen LogP contribution in [-0.4, -0.2) is 31.0 Å². The van der Waals surface area contributed by atoms with Crippen molar-refractivity contribution >= 4 is 34.6 Å². The van der Waals surface area contributed by atoms with Crippen molar-refractivity contribution in [2.75, 3.05) is 24.4 Å². The van der Waals surface area contributed by atoms with E-state index in [4.69, 9.17) is 26.4 Å². The van der Waals surface area contributed by atoms with Gasteiger partial charge in [-0.05, 0) is 80.7 Å². The number of ether oxygens (including phenoxy) is 3. The highest BCUT2D eigenvalue weighted by atomic mass is 32.1. The smallest absolute Gasteiger partial charge is 0.236 e. The highest BCUT2D eigenvalue weighted by molar-refractivity contribution is 7.80. The second-order valence-corrected chi connectivity index (χ2v) is 9.24. The molecule has 2 bridgehead atoms. The summed E-state index contributed by atoms with van der Waals surface area (Å²) in [5, 5.41) is 6.97. The number of methoxy groups -OCH3 is 2. The van der Waals surface area contributed by atoms with Crippen molar-refractivity contribution < 1.29 is 19.0 Å². The fraction of sp³-hybridized carbons (Fsp3) is 0.259. The van der Waals surface area contributed by atoms with Crippen molar-refractivity contribution in [1.82, 2.24) is 5.32 Å². The molecule has 1 fully saturated rings. The molecule has 1 saturated heterocycles.